The van der Waals surface area contributed by atoms with Gasteiger partial charge in [-0.1, -0.05) is 11.6 Å². The quantitative estimate of drug-likeness (QED) is 0.932. The van der Waals surface area contributed by atoms with Crippen molar-refractivity contribution in [1.29, 1.82) is 0 Å². The summed E-state index contributed by atoms with van der Waals surface area (Å²) in [5.74, 6) is -1.89. The average Bonchev–Trinajstić information content (AvgIpc) is 2.35. The second kappa shape index (κ2) is 5.79. The van der Waals surface area contributed by atoms with Gasteiger partial charge in [-0.25, -0.2) is 8.78 Å². The predicted molar refractivity (Wildman–Crippen MR) is 67.6 cm³/mol. The van der Waals surface area contributed by atoms with E-state index in [2.05, 4.69) is 15.3 Å². The summed E-state index contributed by atoms with van der Waals surface area (Å²) in [7, 11) is 0. The first-order valence-electron chi connectivity index (χ1n) is 5.48. The van der Waals surface area contributed by atoms with E-state index in [0.717, 1.165) is 0 Å². The van der Waals surface area contributed by atoms with Crippen LogP contribution >= 0.6 is 11.6 Å². The lowest BCUT2D eigenvalue weighted by molar-refractivity contribution is 0.416. The zero-order valence-corrected chi connectivity index (χ0v) is 10.7. The largest absolute Gasteiger partial charge is 0.435 e. The van der Waals surface area contributed by atoms with Crippen LogP contribution in [0.3, 0.4) is 0 Å². The fourth-order valence-corrected chi connectivity index (χ4v) is 1.54. The highest BCUT2D eigenvalue weighted by atomic mass is 35.5. The number of nitrogens with zero attached hydrogens (tertiary/aromatic N) is 2. The fraction of sp³-hybridized carbons (Fsp3) is 0.167. The highest BCUT2D eigenvalue weighted by Gasteiger charge is 2.13. The molecule has 0 aromatic carbocycles. The molecule has 1 N–H and O–H groups in total. The molecule has 0 spiro atoms. The number of pyridine rings is 2. The van der Waals surface area contributed by atoms with Gasteiger partial charge in [-0.3, -0.25) is 4.98 Å². The Bertz CT molecular complexity index is 595. The molecule has 2 rings (SSSR count). The van der Waals surface area contributed by atoms with E-state index >= 15 is 0 Å². The Morgan fingerprint density at radius 1 is 1.26 bits per heavy atom. The van der Waals surface area contributed by atoms with E-state index in [-0.39, 0.29) is 17.4 Å². The molecule has 0 aliphatic rings. The third kappa shape index (κ3) is 3.29. The topological polar surface area (TPSA) is 47.0 Å². The molecule has 0 aliphatic heterocycles. The van der Waals surface area contributed by atoms with Crippen LogP contribution in [0.2, 0.25) is 5.02 Å². The average molecular weight is 286 g/mol. The van der Waals surface area contributed by atoms with Crippen molar-refractivity contribution in [3.8, 4) is 11.6 Å². The molecule has 0 radical (unpaired) electrons. The number of hydrogen-bond acceptors (Lipinski definition) is 4. The van der Waals surface area contributed by atoms with Crippen molar-refractivity contribution in [2.24, 2.45) is 0 Å². The van der Waals surface area contributed by atoms with E-state index in [9.17, 15) is 8.78 Å². The molecule has 0 saturated carbocycles. The summed E-state index contributed by atoms with van der Waals surface area (Å²) in [4.78, 5) is 7.52. The van der Waals surface area contributed by atoms with E-state index in [4.69, 9.17) is 16.3 Å². The number of nitrogens with one attached hydrogen (secondary N) is 1. The summed E-state index contributed by atoms with van der Waals surface area (Å²) in [6.07, 6.45) is 2.76. The lowest BCUT2D eigenvalue weighted by atomic mass is 10.4. The van der Waals surface area contributed by atoms with Crippen LogP contribution in [0, 0.1) is 11.6 Å². The Morgan fingerprint density at radius 2 is 2.05 bits per heavy atom. The van der Waals surface area contributed by atoms with Crippen molar-refractivity contribution >= 4 is 17.4 Å². The Labute approximate surface area is 113 Å². The molecular weight excluding hydrogens is 276 g/mol. The first-order valence-corrected chi connectivity index (χ1v) is 5.86. The van der Waals surface area contributed by atoms with Gasteiger partial charge in [-0.2, -0.15) is 4.98 Å². The molecule has 0 unspecified atom stereocenters. The molecule has 0 fully saturated rings. The van der Waals surface area contributed by atoms with Gasteiger partial charge in [0.15, 0.2) is 17.5 Å². The van der Waals surface area contributed by atoms with E-state index < -0.39 is 11.6 Å². The van der Waals surface area contributed by atoms with Crippen molar-refractivity contribution in [1.82, 2.24) is 9.97 Å². The van der Waals surface area contributed by atoms with Crippen molar-refractivity contribution in [3.63, 3.8) is 0 Å². The molecule has 4 nitrogen and oxygen atoms in total. The minimum Gasteiger partial charge on any atom is -0.435 e. The smallest absolute Gasteiger partial charge is 0.258 e. The summed E-state index contributed by atoms with van der Waals surface area (Å²) in [5.41, 5.74) is 0. The van der Waals surface area contributed by atoms with Gasteiger partial charge in [0.1, 0.15) is 5.75 Å². The maximum absolute atomic E-state index is 13.5. The van der Waals surface area contributed by atoms with Crippen LogP contribution in [0.15, 0.2) is 24.5 Å². The van der Waals surface area contributed by atoms with Crippen LogP contribution in [0.25, 0.3) is 0 Å². The summed E-state index contributed by atoms with van der Waals surface area (Å²) < 4.78 is 32.1. The third-order valence-electron chi connectivity index (χ3n) is 2.14. The Morgan fingerprint density at radius 3 is 2.74 bits per heavy atom. The number of ether oxygens (including phenoxy) is 1. The number of rotatable bonds is 4. The molecule has 0 aliphatic carbocycles. The zero-order chi connectivity index (χ0) is 13.8. The summed E-state index contributed by atoms with van der Waals surface area (Å²) >= 11 is 5.73. The Balaban J connectivity index is 2.31. The molecule has 100 valence electrons. The minimum absolute atomic E-state index is 0.0751. The molecule has 2 aromatic rings. The Hall–Kier alpha value is -1.95. The highest BCUT2D eigenvalue weighted by molar-refractivity contribution is 6.30. The zero-order valence-electron chi connectivity index (χ0n) is 9.95. The number of anilines is 1. The van der Waals surface area contributed by atoms with E-state index in [0.29, 0.717) is 17.6 Å². The van der Waals surface area contributed by atoms with Gasteiger partial charge in [0.2, 0.25) is 0 Å². The molecule has 2 heterocycles. The second-order valence-corrected chi connectivity index (χ2v) is 4.01. The number of aromatic nitrogens is 2. The predicted octanol–water partition coefficient (Wildman–Crippen LogP) is 3.63. The van der Waals surface area contributed by atoms with E-state index in [1.54, 1.807) is 6.92 Å². The first kappa shape index (κ1) is 13.5. The molecule has 0 amide bonds. The van der Waals surface area contributed by atoms with Gasteiger partial charge in [-0.15, -0.1) is 0 Å². The van der Waals surface area contributed by atoms with Crippen LogP contribution in [-0.4, -0.2) is 16.5 Å². The van der Waals surface area contributed by atoms with Crippen LogP contribution in [0.4, 0.5) is 14.6 Å². The van der Waals surface area contributed by atoms with Gasteiger partial charge < -0.3 is 10.1 Å². The molecule has 0 atom stereocenters. The first-order chi connectivity index (χ1) is 9.10. The molecular formula is C12H10ClF2N3O. The van der Waals surface area contributed by atoms with Crippen molar-refractivity contribution in [2.45, 2.75) is 6.92 Å². The van der Waals surface area contributed by atoms with Crippen molar-refractivity contribution < 1.29 is 13.5 Å². The normalized spacial score (nSPS) is 10.3. The maximum atomic E-state index is 13.5. The molecule has 0 saturated heterocycles. The monoisotopic (exact) mass is 285 g/mol. The number of hydrogen-bond donors (Lipinski definition) is 1. The summed E-state index contributed by atoms with van der Waals surface area (Å²) in [6, 6.07) is 2.16. The summed E-state index contributed by atoms with van der Waals surface area (Å²) in [6.45, 7) is 2.22. The third-order valence-corrected chi connectivity index (χ3v) is 2.34. The van der Waals surface area contributed by atoms with Crippen LogP contribution in [0.5, 0.6) is 11.6 Å². The highest BCUT2D eigenvalue weighted by Crippen LogP contribution is 2.26. The van der Waals surface area contributed by atoms with E-state index in [1.165, 1.54) is 18.5 Å². The fourth-order valence-electron chi connectivity index (χ4n) is 1.37. The minimum atomic E-state index is -0.904. The van der Waals surface area contributed by atoms with Crippen molar-refractivity contribution in [2.75, 3.05) is 11.9 Å². The standard InChI is InChI=1S/C12H10ClF2N3O/c1-2-17-11-9(14)4-10(15)12(18-11)19-8-3-7(13)5-16-6-8/h3-6H,2H2,1H3,(H,17,18). The maximum Gasteiger partial charge on any atom is 0.258 e. The van der Waals surface area contributed by atoms with Crippen LogP contribution < -0.4 is 10.1 Å². The lowest BCUT2D eigenvalue weighted by Gasteiger charge is -2.09. The Kier molecular flexibility index (Phi) is 4.11. The van der Waals surface area contributed by atoms with Crippen molar-refractivity contribution in [3.05, 3.63) is 41.2 Å². The lowest BCUT2D eigenvalue weighted by Crippen LogP contribution is -2.04. The van der Waals surface area contributed by atoms with Crippen LogP contribution in [0.1, 0.15) is 6.92 Å². The second-order valence-electron chi connectivity index (χ2n) is 3.58. The molecule has 19 heavy (non-hydrogen) atoms. The van der Waals surface area contributed by atoms with Crippen LogP contribution in [-0.2, 0) is 0 Å². The van der Waals surface area contributed by atoms with Gasteiger partial charge in [-0.05, 0) is 6.92 Å². The van der Waals surface area contributed by atoms with Gasteiger partial charge in [0.05, 0.1) is 11.2 Å². The number of halogens is 3. The van der Waals surface area contributed by atoms with E-state index in [1.807, 2.05) is 0 Å². The molecule has 7 heteroatoms. The van der Waals surface area contributed by atoms with Gasteiger partial charge in [0.25, 0.3) is 5.88 Å². The summed E-state index contributed by atoms with van der Waals surface area (Å²) in [5, 5.41) is 3.01. The molecule has 0 bridgehead atoms. The SMILES string of the molecule is CCNc1nc(Oc2cncc(Cl)c2)c(F)cc1F. The van der Waals surface area contributed by atoms with Gasteiger partial charge in [0, 0.05) is 24.9 Å². The molecule has 2 aromatic heterocycles. The van der Waals surface area contributed by atoms with Gasteiger partial charge >= 0.3 is 0 Å².